The van der Waals surface area contributed by atoms with E-state index in [2.05, 4.69) is 17.3 Å². The second-order valence-electron chi connectivity index (χ2n) is 8.89. The highest BCUT2D eigenvalue weighted by Crippen LogP contribution is 2.40. The molecule has 1 fully saturated rings. The molecule has 1 saturated carbocycles. The molecule has 1 N–H and O–H groups in total. The summed E-state index contributed by atoms with van der Waals surface area (Å²) in [4.78, 5) is 18.3. The second-order valence-corrected chi connectivity index (χ2v) is 8.89. The van der Waals surface area contributed by atoms with Crippen molar-refractivity contribution in [3.63, 3.8) is 0 Å². The Hall–Kier alpha value is -3.48. The third-order valence-corrected chi connectivity index (χ3v) is 5.96. The van der Waals surface area contributed by atoms with E-state index in [-0.39, 0.29) is 11.8 Å². The molecule has 7 heteroatoms. The highest BCUT2D eigenvalue weighted by atomic mass is 16.1. The van der Waals surface area contributed by atoms with Gasteiger partial charge in [-0.2, -0.15) is 10.2 Å². The molecule has 5 rings (SSSR count). The Bertz CT molecular complexity index is 1270. The van der Waals surface area contributed by atoms with Crippen LogP contribution in [0.1, 0.15) is 53.1 Å². The number of hydrogen-bond donors (Lipinski definition) is 1. The van der Waals surface area contributed by atoms with E-state index in [9.17, 15) is 4.79 Å². The van der Waals surface area contributed by atoms with E-state index in [1.165, 1.54) is 0 Å². The number of fused-ring (bicyclic) bond motifs is 1. The molecule has 3 heterocycles. The molecular formula is C25H28N6O. The lowest BCUT2D eigenvalue weighted by Crippen LogP contribution is -2.30. The van der Waals surface area contributed by atoms with Gasteiger partial charge in [0, 0.05) is 30.9 Å². The molecule has 1 atom stereocenters. The molecule has 1 aliphatic carbocycles. The summed E-state index contributed by atoms with van der Waals surface area (Å²) in [6, 6.07) is 13.9. The van der Waals surface area contributed by atoms with E-state index in [1.54, 1.807) is 0 Å². The van der Waals surface area contributed by atoms with E-state index in [0.29, 0.717) is 18.0 Å². The number of nitrogens with zero attached hydrogens (tertiary/aromatic N) is 5. The van der Waals surface area contributed by atoms with Gasteiger partial charge in [0.15, 0.2) is 5.65 Å². The SMILES string of the molecule is Cc1ccn(C[C@@H](C)CNC(=O)c2cc(C3CC3)nc3c2c(C)nn3-c2ccccc2)n1. The third-order valence-electron chi connectivity index (χ3n) is 5.96. The summed E-state index contributed by atoms with van der Waals surface area (Å²) in [5, 5.41) is 13.1. The van der Waals surface area contributed by atoms with E-state index in [4.69, 9.17) is 10.1 Å². The van der Waals surface area contributed by atoms with Crippen LogP contribution < -0.4 is 5.32 Å². The number of para-hydroxylation sites is 1. The van der Waals surface area contributed by atoms with Crippen LogP contribution in [0.3, 0.4) is 0 Å². The minimum atomic E-state index is -0.0708. The fourth-order valence-electron chi connectivity index (χ4n) is 4.14. The largest absolute Gasteiger partial charge is 0.352 e. The number of pyridine rings is 1. The van der Waals surface area contributed by atoms with E-state index in [0.717, 1.165) is 53.2 Å². The van der Waals surface area contributed by atoms with Gasteiger partial charge in [-0.1, -0.05) is 25.1 Å². The van der Waals surface area contributed by atoms with Crippen molar-refractivity contribution >= 4 is 16.9 Å². The van der Waals surface area contributed by atoms with Crippen LogP contribution in [0.25, 0.3) is 16.7 Å². The first-order chi connectivity index (χ1) is 15.5. The van der Waals surface area contributed by atoms with Gasteiger partial charge in [-0.3, -0.25) is 9.48 Å². The summed E-state index contributed by atoms with van der Waals surface area (Å²) < 4.78 is 3.78. The minimum Gasteiger partial charge on any atom is -0.352 e. The van der Waals surface area contributed by atoms with Crippen molar-refractivity contribution in [2.75, 3.05) is 6.54 Å². The predicted molar refractivity (Wildman–Crippen MR) is 124 cm³/mol. The van der Waals surface area contributed by atoms with Crippen LogP contribution in [0.4, 0.5) is 0 Å². The molecule has 3 aromatic heterocycles. The Morgan fingerprint density at radius 3 is 2.62 bits per heavy atom. The standard InChI is InChI=1S/C25H28N6O/c1-16(15-30-12-11-17(2)28-30)14-26-25(32)21-13-22(19-9-10-19)27-24-23(21)18(3)29-31(24)20-7-5-4-6-8-20/h4-8,11-13,16,19H,9-10,14-15H2,1-3H3,(H,26,32)/t16-/m0/s1. The second kappa shape index (κ2) is 8.22. The number of carbonyl (C=O) groups is 1. The number of aryl methyl sites for hydroxylation is 2. The fourth-order valence-corrected chi connectivity index (χ4v) is 4.14. The summed E-state index contributed by atoms with van der Waals surface area (Å²) >= 11 is 0. The van der Waals surface area contributed by atoms with Gasteiger partial charge in [0.05, 0.1) is 28.0 Å². The Kier molecular flexibility index (Phi) is 5.25. The normalized spacial score (nSPS) is 14.6. The van der Waals surface area contributed by atoms with Crippen LogP contribution in [0.2, 0.25) is 0 Å². The van der Waals surface area contributed by atoms with Gasteiger partial charge in [0.1, 0.15) is 0 Å². The summed E-state index contributed by atoms with van der Waals surface area (Å²) in [7, 11) is 0. The maximum absolute atomic E-state index is 13.3. The Labute approximate surface area is 187 Å². The van der Waals surface area contributed by atoms with Crippen molar-refractivity contribution in [3.8, 4) is 5.69 Å². The molecule has 4 aromatic rings. The van der Waals surface area contributed by atoms with Gasteiger partial charge in [-0.25, -0.2) is 9.67 Å². The van der Waals surface area contributed by atoms with Crippen LogP contribution >= 0.6 is 0 Å². The van der Waals surface area contributed by atoms with Gasteiger partial charge in [0.2, 0.25) is 0 Å². The first-order valence-corrected chi connectivity index (χ1v) is 11.2. The first-order valence-electron chi connectivity index (χ1n) is 11.2. The molecule has 0 spiro atoms. The first kappa shape index (κ1) is 20.4. The topological polar surface area (TPSA) is 77.6 Å². The average Bonchev–Trinajstić information content (AvgIpc) is 3.49. The Morgan fingerprint density at radius 2 is 1.94 bits per heavy atom. The Balaban J connectivity index is 1.44. The fraction of sp³-hybridized carbons (Fsp3) is 0.360. The van der Waals surface area contributed by atoms with Crippen LogP contribution in [-0.2, 0) is 6.54 Å². The van der Waals surface area contributed by atoms with Crippen molar-refractivity contribution in [2.45, 2.75) is 46.1 Å². The van der Waals surface area contributed by atoms with Gasteiger partial charge in [-0.05, 0) is 56.9 Å². The molecule has 1 amide bonds. The van der Waals surface area contributed by atoms with Crippen molar-refractivity contribution in [1.29, 1.82) is 0 Å². The van der Waals surface area contributed by atoms with Crippen molar-refractivity contribution in [3.05, 3.63) is 71.3 Å². The highest BCUT2D eigenvalue weighted by molar-refractivity contribution is 6.06. The maximum Gasteiger partial charge on any atom is 0.252 e. The van der Waals surface area contributed by atoms with Crippen LogP contribution in [0, 0.1) is 19.8 Å². The predicted octanol–water partition coefficient (Wildman–Crippen LogP) is 4.18. The molecular weight excluding hydrogens is 400 g/mol. The van der Waals surface area contributed by atoms with Crippen LogP contribution in [0.15, 0.2) is 48.7 Å². The molecule has 0 bridgehead atoms. The van der Waals surface area contributed by atoms with Gasteiger partial charge in [0.25, 0.3) is 5.91 Å². The summed E-state index contributed by atoms with van der Waals surface area (Å²) in [5.41, 5.74) is 5.16. The van der Waals surface area contributed by atoms with E-state index in [1.807, 2.05) is 71.9 Å². The van der Waals surface area contributed by atoms with Crippen molar-refractivity contribution < 1.29 is 4.79 Å². The summed E-state index contributed by atoms with van der Waals surface area (Å²) in [5.74, 6) is 0.623. The summed E-state index contributed by atoms with van der Waals surface area (Å²) in [6.45, 7) is 7.38. The van der Waals surface area contributed by atoms with Gasteiger partial charge in [-0.15, -0.1) is 0 Å². The number of benzene rings is 1. The number of hydrogen-bond acceptors (Lipinski definition) is 4. The van der Waals surface area contributed by atoms with E-state index >= 15 is 0 Å². The molecule has 1 aromatic carbocycles. The molecule has 0 aliphatic heterocycles. The van der Waals surface area contributed by atoms with Gasteiger partial charge < -0.3 is 5.32 Å². The van der Waals surface area contributed by atoms with Crippen LogP contribution in [0.5, 0.6) is 0 Å². The van der Waals surface area contributed by atoms with Crippen LogP contribution in [-0.4, -0.2) is 37.0 Å². The highest BCUT2D eigenvalue weighted by Gasteiger charge is 2.29. The van der Waals surface area contributed by atoms with Crippen molar-refractivity contribution in [1.82, 2.24) is 29.9 Å². The number of rotatable bonds is 7. The number of aromatic nitrogens is 5. The van der Waals surface area contributed by atoms with Crippen molar-refractivity contribution in [2.24, 2.45) is 5.92 Å². The quantitative estimate of drug-likeness (QED) is 0.479. The molecule has 32 heavy (non-hydrogen) atoms. The zero-order valence-electron chi connectivity index (χ0n) is 18.7. The maximum atomic E-state index is 13.3. The lowest BCUT2D eigenvalue weighted by molar-refractivity contribution is 0.0948. The molecule has 7 nitrogen and oxygen atoms in total. The number of amides is 1. The third kappa shape index (κ3) is 4.02. The zero-order chi connectivity index (χ0) is 22.2. The number of nitrogens with one attached hydrogen (secondary N) is 1. The molecule has 1 aliphatic rings. The number of carbonyl (C=O) groups excluding carboxylic acids is 1. The lowest BCUT2D eigenvalue weighted by Gasteiger charge is -2.14. The monoisotopic (exact) mass is 428 g/mol. The van der Waals surface area contributed by atoms with Gasteiger partial charge >= 0.3 is 0 Å². The lowest BCUT2D eigenvalue weighted by atomic mass is 10.1. The average molecular weight is 429 g/mol. The molecule has 0 unspecified atom stereocenters. The van der Waals surface area contributed by atoms with E-state index < -0.39 is 0 Å². The molecule has 164 valence electrons. The molecule has 0 saturated heterocycles. The molecule has 0 radical (unpaired) electrons. The zero-order valence-corrected chi connectivity index (χ0v) is 18.7. The minimum absolute atomic E-state index is 0.0708. The Morgan fingerprint density at radius 1 is 1.16 bits per heavy atom. The summed E-state index contributed by atoms with van der Waals surface area (Å²) in [6.07, 6.45) is 4.22. The smallest absolute Gasteiger partial charge is 0.252 e.